The second-order valence-electron chi connectivity index (χ2n) is 5.81. The van der Waals surface area contributed by atoms with Gasteiger partial charge in [0.15, 0.2) is 0 Å². The Morgan fingerprint density at radius 2 is 1.55 bits per heavy atom. The molecule has 1 aromatic rings. The predicted octanol–water partition coefficient (Wildman–Crippen LogP) is 5.45. The first-order valence-electron chi connectivity index (χ1n) is 8.54. The van der Waals surface area contributed by atoms with Crippen LogP contribution in [0, 0.1) is 6.07 Å². The molecular formula is C19H32N. The molecule has 0 aliphatic rings. The molecule has 0 fully saturated rings. The molecule has 0 saturated heterocycles. The van der Waals surface area contributed by atoms with E-state index in [-0.39, 0.29) is 0 Å². The van der Waals surface area contributed by atoms with Gasteiger partial charge < -0.3 is 0 Å². The van der Waals surface area contributed by atoms with Crippen LogP contribution in [0.3, 0.4) is 0 Å². The summed E-state index contributed by atoms with van der Waals surface area (Å²) in [5, 5.41) is 0. The van der Waals surface area contributed by atoms with Crippen LogP contribution in [0.5, 0.6) is 0 Å². The Morgan fingerprint density at radius 3 is 2.05 bits per heavy atom. The summed E-state index contributed by atoms with van der Waals surface area (Å²) in [6.45, 7) is 8.16. The lowest BCUT2D eigenvalue weighted by molar-refractivity contribution is 0.252. The van der Waals surface area contributed by atoms with E-state index in [2.05, 4.69) is 43.0 Å². The third-order valence-corrected chi connectivity index (χ3v) is 3.83. The van der Waals surface area contributed by atoms with Crippen LogP contribution in [0.1, 0.15) is 70.8 Å². The molecular weight excluding hydrogens is 242 g/mol. The van der Waals surface area contributed by atoms with Crippen molar-refractivity contribution in [3.05, 3.63) is 35.9 Å². The molecule has 0 aliphatic carbocycles. The van der Waals surface area contributed by atoms with Gasteiger partial charge in [-0.2, -0.15) is 0 Å². The van der Waals surface area contributed by atoms with Crippen LogP contribution < -0.4 is 0 Å². The lowest BCUT2D eigenvalue weighted by atomic mass is 10.1. The monoisotopic (exact) mass is 274 g/mol. The van der Waals surface area contributed by atoms with E-state index in [1.165, 1.54) is 70.0 Å². The molecule has 1 radical (unpaired) electrons. The smallest absolute Gasteiger partial charge is 0.0233 e. The molecule has 0 N–H and O–H groups in total. The zero-order chi connectivity index (χ0) is 14.5. The van der Waals surface area contributed by atoms with Crippen LogP contribution in [0.2, 0.25) is 0 Å². The Kier molecular flexibility index (Phi) is 10.3. The van der Waals surface area contributed by atoms with E-state index in [4.69, 9.17) is 0 Å². The summed E-state index contributed by atoms with van der Waals surface area (Å²) in [6, 6.07) is 11.6. The van der Waals surface area contributed by atoms with E-state index >= 15 is 0 Å². The fraction of sp³-hybridized carbons (Fsp3) is 0.684. The zero-order valence-corrected chi connectivity index (χ0v) is 13.5. The SMILES string of the molecule is CCCCCCN(CCCCCC)Cc1c[c]ccc1. The van der Waals surface area contributed by atoms with Crippen molar-refractivity contribution in [2.75, 3.05) is 13.1 Å². The number of benzene rings is 1. The summed E-state index contributed by atoms with van der Waals surface area (Å²) < 4.78 is 0. The molecule has 0 bridgehead atoms. The predicted molar refractivity (Wildman–Crippen MR) is 88.8 cm³/mol. The van der Waals surface area contributed by atoms with Gasteiger partial charge in [0.05, 0.1) is 0 Å². The number of hydrogen-bond donors (Lipinski definition) is 0. The van der Waals surface area contributed by atoms with Crippen LogP contribution in [-0.2, 0) is 6.54 Å². The van der Waals surface area contributed by atoms with Crippen LogP contribution in [0.4, 0.5) is 0 Å². The second-order valence-corrected chi connectivity index (χ2v) is 5.81. The van der Waals surface area contributed by atoms with Crippen LogP contribution in [0.25, 0.3) is 0 Å². The van der Waals surface area contributed by atoms with Crippen LogP contribution >= 0.6 is 0 Å². The number of unbranched alkanes of at least 4 members (excludes halogenated alkanes) is 6. The molecule has 0 saturated carbocycles. The Hall–Kier alpha value is -0.820. The topological polar surface area (TPSA) is 3.24 Å². The van der Waals surface area contributed by atoms with E-state index in [0.717, 1.165) is 6.54 Å². The van der Waals surface area contributed by atoms with Crippen molar-refractivity contribution in [1.29, 1.82) is 0 Å². The minimum absolute atomic E-state index is 1.09. The van der Waals surface area contributed by atoms with Gasteiger partial charge in [-0.25, -0.2) is 0 Å². The highest BCUT2D eigenvalue weighted by Crippen LogP contribution is 2.09. The minimum Gasteiger partial charge on any atom is -0.299 e. The molecule has 1 rings (SSSR count). The Bertz CT molecular complexity index is 295. The maximum Gasteiger partial charge on any atom is 0.0233 e. The number of rotatable bonds is 12. The first-order chi connectivity index (χ1) is 9.86. The van der Waals surface area contributed by atoms with E-state index in [1.807, 2.05) is 6.07 Å². The van der Waals surface area contributed by atoms with Crippen molar-refractivity contribution in [2.24, 2.45) is 0 Å². The van der Waals surface area contributed by atoms with Gasteiger partial charge in [-0.05, 0) is 43.6 Å². The average molecular weight is 274 g/mol. The van der Waals surface area contributed by atoms with E-state index in [9.17, 15) is 0 Å². The van der Waals surface area contributed by atoms with Gasteiger partial charge in [-0.1, -0.05) is 70.6 Å². The first-order valence-corrected chi connectivity index (χ1v) is 8.54. The van der Waals surface area contributed by atoms with Crippen molar-refractivity contribution in [3.63, 3.8) is 0 Å². The van der Waals surface area contributed by atoms with Gasteiger partial charge in [-0.15, -0.1) is 0 Å². The summed E-state index contributed by atoms with van der Waals surface area (Å²) in [4.78, 5) is 2.63. The summed E-state index contributed by atoms with van der Waals surface area (Å²) in [5.41, 5.74) is 1.40. The molecule has 20 heavy (non-hydrogen) atoms. The first kappa shape index (κ1) is 17.2. The lowest BCUT2D eigenvalue weighted by Crippen LogP contribution is -2.25. The lowest BCUT2D eigenvalue weighted by Gasteiger charge is -2.22. The minimum atomic E-state index is 1.09. The number of hydrogen-bond acceptors (Lipinski definition) is 1. The highest BCUT2D eigenvalue weighted by molar-refractivity contribution is 5.13. The largest absolute Gasteiger partial charge is 0.299 e. The summed E-state index contributed by atoms with van der Waals surface area (Å²) >= 11 is 0. The highest BCUT2D eigenvalue weighted by Gasteiger charge is 2.05. The molecule has 0 spiro atoms. The van der Waals surface area contributed by atoms with Gasteiger partial charge in [-0.3, -0.25) is 4.90 Å². The molecule has 113 valence electrons. The summed E-state index contributed by atoms with van der Waals surface area (Å²) in [5.74, 6) is 0. The van der Waals surface area contributed by atoms with Crippen molar-refractivity contribution >= 4 is 0 Å². The second kappa shape index (κ2) is 12.0. The van der Waals surface area contributed by atoms with E-state index < -0.39 is 0 Å². The maximum atomic E-state index is 3.19. The molecule has 0 aromatic heterocycles. The molecule has 1 nitrogen and oxygen atoms in total. The summed E-state index contributed by atoms with van der Waals surface area (Å²) in [6.07, 6.45) is 10.8. The maximum absolute atomic E-state index is 3.19. The Labute approximate surface area is 126 Å². The third-order valence-electron chi connectivity index (χ3n) is 3.83. The Morgan fingerprint density at radius 1 is 0.900 bits per heavy atom. The average Bonchev–Trinajstić information content (AvgIpc) is 2.49. The molecule has 0 aliphatic heterocycles. The number of nitrogens with zero attached hydrogens (tertiary/aromatic N) is 1. The molecule has 1 heteroatoms. The van der Waals surface area contributed by atoms with Crippen LogP contribution in [-0.4, -0.2) is 18.0 Å². The molecule has 0 unspecified atom stereocenters. The van der Waals surface area contributed by atoms with Gasteiger partial charge in [0.2, 0.25) is 0 Å². The third kappa shape index (κ3) is 8.37. The summed E-state index contributed by atoms with van der Waals surface area (Å²) in [7, 11) is 0. The Balaban J connectivity index is 2.33. The van der Waals surface area contributed by atoms with Gasteiger partial charge in [0.25, 0.3) is 0 Å². The fourth-order valence-electron chi connectivity index (χ4n) is 2.58. The van der Waals surface area contributed by atoms with Gasteiger partial charge >= 0.3 is 0 Å². The van der Waals surface area contributed by atoms with Crippen molar-refractivity contribution in [2.45, 2.75) is 71.8 Å². The molecule has 0 heterocycles. The molecule has 1 aromatic carbocycles. The normalized spacial score (nSPS) is 11.2. The van der Waals surface area contributed by atoms with Crippen molar-refractivity contribution < 1.29 is 0 Å². The standard InChI is InChI=1S/C19H32N/c1-3-5-7-12-16-20(17-13-8-6-4-2)18-19-14-10-9-11-15-19/h9-10,14-15H,3-8,12-13,16-18H2,1-2H3. The van der Waals surface area contributed by atoms with E-state index in [0.29, 0.717) is 0 Å². The zero-order valence-electron chi connectivity index (χ0n) is 13.5. The van der Waals surface area contributed by atoms with Gasteiger partial charge in [0.1, 0.15) is 0 Å². The molecule has 0 atom stereocenters. The quantitative estimate of drug-likeness (QED) is 0.458. The van der Waals surface area contributed by atoms with Crippen LogP contribution in [0.15, 0.2) is 24.3 Å². The fourth-order valence-corrected chi connectivity index (χ4v) is 2.58. The van der Waals surface area contributed by atoms with Crippen molar-refractivity contribution in [1.82, 2.24) is 4.90 Å². The van der Waals surface area contributed by atoms with Crippen molar-refractivity contribution in [3.8, 4) is 0 Å². The highest BCUT2D eigenvalue weighted by atomic mass is 15.1. The van der Waals surface area contributed by atoms with Gasteiger partial charge in [0, 0.05) is 6.54 Å². The molecule has 0 amide bonds. The van der Waals surface area contributed by atoms with E-state index in [1.54, 1.807) is 0 Å².